The van der Waals surface area contributed by atoms with Gasteiger partial charge in [-0.15, -0.1) is 12.4 Å². The van der Waals surface area contributed by atoms with Crippen molar-refractivity contribution in [2.45, 2.75) is 25.7 Å². The highest BCUT2D eigenvalue weighted by molar-refractivity contribution is 5.87. The first-order valence-electron chi connectivity index (χ1n) is 7.73. The zero-order chi connectivity index (χ0) is 16.2. The molecule has 0 saturated carbocycles. The first-order valence-corrected chi connectivity index (χ1v) is 7.73. The molecule has 1 aliphatic rings. The summed E-state index contributed by atoms with van der Waals surface area (Å²) in [6.45, 7) is 7.33. The monoisotopic (exact) mass is 342 g/mol. The second-order valence-corrected chi connectivity index (χ2v) is 6.09. The van der Waals surface area contributed by atoms with Crippen molar-refractivity contribution in [2.75, 3.05) is 40.4 Å². The first-order chi connectivity index (χ1) is 10.5. The molecule has 0 bridgehead atoms. The Morgan fingerprint density at radius 3 is 2.48 bits per heavy atom. The van der Waals surface area contributed by atoms with Crippen molar-refractivity contribution in [3.8, 4) is 11.5 Å². The van der Waals surface area contributed by atoms with Gasteiger partial charge in [-0.3, -0.25) is 4.79 Å². The number of hydrogen-bond acceptors (Lipinski definition) is 4. The van der Waals surface area contributed by atoms with Crippen LogP contribution in [0.25, 0.3) is 0 Å². The van der Waals surface area contributed by atoms with Crippen LogP contribution in [0.1, 0.15) is 25.8 Å². The van der Waals surface area contributed by atoms with Gasteiger partial charge in [-0.2, -0.15) is 0 Å². The van der Waals surface area contributed by atoms with E-state index in [4.69, 9.17) is 9.47 Å². The van der Waals surface area contributed by atoms with Crippen LogP contribution in [0.5, 0.6) is 11.5 Å². The Balaban J connectivity index is 0.00000264. The summed E-state index contributed by atoms with van der Waals surface area (Å²) in [7, 11) is 3.22. The summed E-state index contributed by atoms with van der Waals surface area (Å²) in [6.07, 6.45) is 0.994. The highest BCUT2D eigenvalue weighted by Gasteiger charge is 2.34. The van der Waals surface area contributed by atoms with Gasteiger partial charge in [-0.25, -0.2) is 0 Å². The van der Waals surface area contributed by atoms with E-state index in [1.54, 1.807) is 14.2 Å². The lowest BCUT2D eigenvalue weighted by atomic mass is 9.83. The number of hydrogen-bond donors (Lipinski definition) is 1. The topological polar surface area (TPSA) is 50.8 Å². The van der Waals surface area contributed by atoms with Crippen LogP contribution in [0.4, 0.5) is 0 Å². The van der Waals surface area contributed by atoms with Gasteiger partial charge in [0.2, 0.25) is 5.91 Å². The van der Waals surface area contributed by atoms with Gasteiger partial charge in [0.05, 0.1) is 19.6 Å². The molecule has 1 aromatic rings. The van der Waals surface area contributed by atoms with E-state index in [0.717, 1.165) is 38.2 Å². The molecule has 0 unspecified atom stereocenters. The molecule has 0 aromatic heterocycles. The van der Waals surface area contributed by atoms with E-state index in [2.05, 4.69) is 5.32 Å². The van der Waals surface area contributed by atoms with Gasteiger partial charge >= 0.3 is 0 Å². The molecule has 2 rings (SSSR count). The van der Waals surface area contributed by atoms with Crippen molar-refractivity contribution in [1.29, 1.82) is 0 Å². The minimum absolute atomic E-state index is 0. The van der Waals surface area contributed by atoms with Crippen LogP contribution in [0, 0.1) is 0 Å². The standard InChI is InChI=1S/C17H26N2O3.ClH/c1-17(2,16(20)19-10-5-8-18-9-11-19)13-6-7-14(21-3)15(12-13)22-4;/h6-7,12,18H,5,8-11H2,1-4H3;1H. The Labute approximate surface area is 144 Å². The van der Waals surface area contributed by atoms with Crippen molar-refractivity contribution in [1.82, 2.24) is 10.2 Å². The van der Waals surface area contributed by atoms with E-state index < -0.39 is 5.41 Å². The maximum atomic E-state index is 13.0. The first kappa shape index (κ1) is 19.6. The van der Waals surface area contributed by atoms with Gasteiger partial charge in [0.1, 0.15) is 0 Å². The number of amides is 1. The Hall–Kier alpha value is -1.46. The third kappa shape index (κ3) is 4.30. The van der Waals surface area contributed by atoms with E-state index in [-0.39, 0.29) is 18.3 Å². The van der Waals surface area contributed by atoms with Crippen LogP contribution >= 0.6 is 12.4 Å². The van der Waals surface area contributed by atoms with Crippen molar-refractivity contribution >= 4 is 18.3 Å². The fourth-order valence-electron chi connectivity index (χ4n) is 2.79. The van der Waals surface area contributed by atoms with Gasteiger partial charge in [0, 0.05) is 19.6 Å². The molecule has 0 aliphatic carbocycles. The van der Waals surface area contributed by atoms with E-state index in [0.29, 0.717) is 11.5 Å². The quantitative estimate of drug-likeness (QED) is 0.911. The number of halogens is 1. The predicted octanol–water partition coefficient (Wildman–Crippen LogP) is 2.23. The van der Waals surface area contributed by atoms with Gasteiger partial charge in [-0.1, -0.05) is 6.07 Å². The lowest BCUT2D eigenvalue weighted by Gasteiger charge is -2.31. The molecular weight excluding hydrogens is 316 g/mol. The van der Waals surface area contributed by atoms with Crippen molar-refractivity contribution in [2.24, 2.45) is 0 Å². The van der Waals surface area contributed by atoms with Crippen LogP contribution in [0.2, 0.25) is 0 Å². The van der Waals surface area contributed by atoms with E-state index in [9.17, 15) is 4.79 Å². The molecule has 1 N–H and O–H groups in total. The number of nitrogens with zero attached hydrogens (tertiary/aromatic N) is 1. The molecule has 1 heterocycles. The molecule has 5 nitrogen and oxygen atoms in total. The number of nitrogens with one attached hydrogen (secondary N) is 1. The minimum Gasteiger partial charge on any atom is -0.493 e. The summed E-state index contributed by atoms with van der Waals surface area (Å²) in [5.41, 5.74) is 0.344. The Morgan fingerprint density at radius 2 is 1.83 bits per heavy atom. The van der Waals surface area contributed by atoms with Crippen LogP contribution in [-0.2, 0) is 10.2 Å². The fraction of sp³-hybridized carbons (Fsp3) is 0.588. The maximum Gasteiger partial charge on any atom is 0.232 e. The Bertz CT molecular complexity index is 527. The predicted molar refractivity (Wildman–Crippen MR) is 93.9 cm³/mol. The van der Waals surface area contributed by atoms with Gasteiger partial charge in [0.25, 0.3) is 0 Å². The number of rotatable bonds is 4. The molecule has 1 fully saturated rings. The molecule has 1 aliphatic heterocycles. The minimum atomic E-state index is -0.593. The van der Waals surface area contributed by atoms with Crippen LogP contribution in [0.15, 0.2) is 18.2 Å². The van der Waals surface area contributed by atoms with Crippen LogP contribution < -0.4 is 14.8 Å². The summed E-state index contributed by atoms with van der Waals surface area (Å²) in [4.78, 5) is 14.9. The lowest BCUT2D eigenvalue weighted by molar-refractivity contribution is -0.136. The second-order valence-electron chi connectivity index (χ2n) is 6.09. The highest BCUT2D eigenvalue weighted by Crippen LogP contribution is 2.34. The van der Waals surface area contributed by atoms with E-state index in [1.807, 2.05) is 36.9 Å². The van der Waals surface area contributed by atoms with Gasteiger partial charge in [-0.05, 0) is 44.5 Å². The molecule has 1 aromatic carbocycles. The summed E-state index contributed by atoms with van der Waals surface area (Å²) in [5.74, 6) is 1.48. The average molecular weight is 343 g/mol. The normalized spacial score (nSPS) is 15.4. The zero-order valence-corrected chi connectivity index (χ0v) is 15.2. The zero-order valence-electron chi connectivity index (χ0n) is 14.3. The van der Waals surface area contributed by atoms with Crippen molar-refractivity contribution in [3.63, 3.8) is 0 Å². The molecule has 1 amide bonds. The molecule has 130 valence electrons. The fourth-order valence-corrected chi connectivity index (χ4v) is 2.79. The summed E-state index contributed by atoms with van der Waals surface area (Å²) >= 11 is 0. The lowest BCUT2D eigenvalue weighted by Crippen LogP contribution is -2.44. The average Bonchev–Trinajstić information content (AvgIpc) is 2.82. The van der Waals surface area contributed by atoms with Gasteiger partial charge in [0.15, 0.2) is 11.5 Å². The summed E-state index contributed by atoms with van der Waals surface area (Å²) in [5, 5.41) is 3.33. The number of carbonyl (C=O) groups excluding carboxylic acids is 1. The van der Waals surface area contributed by atoms with E-state index in [1.165, 1.54) is 0 Å². The molecule has 23 heavy (non-hydrogen) atoms. The summed E-state index contributed by atoms with van der Waals surface area (Å²) < 4.78 is 10.6. The number of benzene rings is 1. The summed E-state index contributed by atoms with van der Waals surface area (Å²) in [6, 6.07) is 5.69. The van der Waals surface area contributed by atoms with Gasteiger partial charge < -0.3 is 19.7 Å². The third-order valence-corrected chi connectivity index (χ3v) is 4.27. The number of carbonyl (C=O) groups is 1. The van der Waals surface area contributed by atoms with Crippen molar-refractivity contribution < 1.29 is 14.3 Å². The largest absolute Gasteiger partial charge is 0.493 e. The Morgan fingerprint density at radius 1 is 1.13 bits per heavy atom. The highest BCUT2D eigenvalue weighted by atomic mass is 35.5. The molecule has 0 radical (unpaired) electrons. The van der Waals surface area contributed by atoms with Crippen LogP contribution in [0.3, 0.4) is 0 Å². The molecule has 0 spiro atoms. The van der Waals surface area contributed by atoms with Crippen molar-refractivity contribution in [3.05, 3.63) is 23.8 Å². The molecule has 0 atom stereocenters. The maximum absolute atomic E-state index is 13.0. The SMILES string of the molecule is COc1ccc(C(C)(C)C(=O)N2CCCNCC2)cc1OC.Cl. The smallest absolute Gasteiger partial charge is 0.232 e. The molecule has 6 heteroatoms. The second kappa shape index (κ2) is 8.41. The molecular formula is C17H27ClN2O3. The van der Waals surface area contributed by atoms with Crippen LogP contribution in [-0.4, -0.2) is 51.2 Å². The van der Waals surface area contributed by atoms with E-state index >= 15 is 0 Å². The number of methoxy groups -OCH3 is 2. The number of ether oxygens (including phenoxy) is 2. The molecule has 1 saturated heterocycles. The third-order valence-electron chi connectivity index (χ3n) is 4.27. The Kier molecular flexibility index (Phi) is 7.16.